The number of nitrogens with zero attached hydrogens (tertiary/aromatic N) is 1. The molecule has 0 aromatic heterocycles. The molecule has 2 unspecified atom stereocenters. The monoisotopic (exact) mass is 272 g/mol. The van der Waals surface area contributed by atoms with Gasteiger partial charge in [0.1, 0.15) is 0 Å². The molecule has 1 aliphatic heterocycles. The highest BCUT2D eigenvalue weighted by Crippen LogP contribution is 2.39. The van der Waals surface area contributed by atoms with Crippen LogP contribution in [-0.2, 0) is 6.54 Å². The molecule has 2 nitrogen and oxygen atoms in total. The number of rotatable bonds is 6. The molecular weight excluding hydrogens is 244 g/mol. The summed E-state index contributed by atoms with van der Waals surface area (Å²) in [6.45, 7) is 9.65. The lowest BCUT2D eigenvalue weighted by atomic mass is 9.77. The van der Waals surface area contributed by atoms with E-state index >= 15 is 0 Å². The molecule has 1 aromatic rings. The zero-order valence-corrected chi connectivity index (χ0v) is 12.9. The summed E-state index contributed by atoms with van der Waals surface area (Å²) < 4.78 is 0. The SMILES string of the molecule is CCC1(C)CN(Cc2ccccc2)CC1CNC1CC1. The van der Waals surface area contributed by atoms with Crippen molar-refractivity contribution in [3.05, 3.63) is 35.9 Å². The molecule has 110 valence electrons. The van der Waals surface area contributed by atoms with Gasteiger partial charge in [-0.15, -0.1) is 0 Å². The summed E-state index contributed by atoms with van der Waals surface area (Å²) in [6, 6.07) is 11.7. The van der Waals surface area contributed by atoms with Crippen LogP contribution in [0.15, 0.2) is 30.3 Å². The maximum Gasteiger partial charge on any atom is 0.0234 e. The van der Waals surface area contributed by atoms with Crippen molar-refractivity contribution in [3.8, 4) is 0 Å². The van der Waals surface area contributed by atoms with Gasteiger partial charge in [-0.2, -0.15) is 0 Å². The first-order valence-corrected chi connectivity index (χ1v) is 8.19. The molecule has 1 N–H and O–H groups in total. The van der Waals surface area contributed by atoms with Crippen LogP contribution in [0.4, 0.5) is 0 Å². The zero-order chi connectivity index (χ0) is 14.0. The predicted molar refractivity (Wildman–Crippen MR) is 84.6 cm³/mol. The van der Waals surface area contributed by atoms with Gasteiger partial charge in [0.25, 0.3) is 0 Å². The van der Waals surface area contributed by atoms with E-state index < -0.39 is 0 Å². The van der Waals surface area contributed by atoms with E-state index in [-0.39, 0.29) is 0 Å². The average molecular weight is 272 g/mol. The summed E-state index contributed by atoms with van der Waals surface area (Å²) in [4.78, 5) is 2.65. The lowest BCUT2D eigenvalue weighted by Gasteiger charge is -2.29. The van der Waals surface area contributed by atoms with Crippen molar-refractivity contribution in [2.24, 2.45) is 11.3 Å². The zero-order valence-electron chi connectivity index (χ0n) is 12.9. The van der Waals surface area contributed by atoms with Crippen molar-refractivity contribution in [1.29, 1.82) is 0 Å². The summed E-state index contributed by atoms with van der Waals surface area (Å²) in [7, 11) is 0. The highest BCUT2D eigenvalue weighted by molar-refractivity contribution is 5.15. The Balaban J connectivity index is 1.60. The van der Waals surface area contributed by atoms with Crippen molar-refractivity contribution in [3.63, 3.8) is 0 Å². The first-order valence-electron chi connectivity index (χ1n) is 8.19. The number of hydrogen-bond acceptors (Lipinski definition) is 2. The number of hydrogen-bond donors (Lipinski definition) is 1. The molecule has 1 aromatic carbocycles. The van der Waals surface area contributed by atoms with Gasteiger partial charge >= 0.3 is 0 Å². The van der Waals surface area contributed by atoms with E-state index in [4.69, 9.17) is 0 Å². The third-order valence-corrected chi connectivity index (χ3v) is 5.34. The van der Waals surface area contributed by atoms with Crippen LogP contribution < -0.4 is 5.32 Å². The van der Waals surface area contributed by atoms with Gasteiger partial charge in [-0.3, -0.25) is 4.90 Å². The molecule has 0 bridgehead atoms. The largest absolute Gasteiger partial charge is 0.314 e. The summed E-state index contributed by atoms with van der Waals surface area (Å²) in [5.74, 6) is 0.803. The van der Waals surface area contributed by atoms with Gasteiger partial charge in [-0.05, 0) is 36.2 Å². The molecule has 0 amide bonds. The van der Waals surface area contributed by atoms with E-state index in [0.717, 1.165) is 18.5 Å². The van der Waals surface area contributed by atoms with E-state index in [1.54, 1.807) is 0 Å². The van der Waals surface area contributed by atoms with Crippen LogP contribution in [0.3, 0.4) is 0 Å². The third kappa shape index (κ3) is 3.24. The molecule has 1 aliphatic carbocycles. The molecule has 20 heavy (non-hydrogen) atoms. The van der Waals surface area contributed by atoms with Gasteiger partial charge in [0.05, 0.1) is 0 Å². The van der Waals surface area contributed by atoms with Crippen molar-refractivity contribution >= 4 is 0 Å². The topological polar surface area (TPSA) is 15.3 Å². The van der Waals surface area contributed by atoms with Crippen LogP contribution in [0.5, 0.6) is 0 Å². The summed E-state index contributed by atoms with van der Waals surface area (Å²) in [5, 5.41) is 3.75. The number of nitrogens with one attached hydrogen (secondary N) is 1. The quantitative estimate of drug-likeness (QED) is 0.855. The molecule has 1 saturated carbocycles. The van der Waals surface area contributed by atoms with Gasteiger partial charge < -0.3 is 5.32 Å². The lowest BCUT2D eigenvalue weighted by molar-refractivity contribution is 0.226. The van der Waals surface area contributed by atoms with Crippen LogP contribution in [0.1, 0.15) is 38.7 Å². The Labute approximate surface area is 123 Å². The fraction of sp³-hybridized carbons (Fsp3) is 0.667. The molecule has 2 atom stereocenters. The van der Waals surface area contributed by atoms with Crippen LogP contribution in [0, 0.1) is 11.3 Å². The Bertz CT molecular complexity index is 426. The van der Waals surface area contributed by atoms with Gasteiger partial charge in [-0.25, -0.2) is 0 Å². The smallest absolute Gasteiger partial charge is 0.0234 e. The molecule has 2 fully saturated rings. The fourth-order valence-corrected chi connectivity index (χ4v) is 3.51. The second-order valence-corrected chi connectivity index (χ2v) is 7.04. The molecule has 2 aliphatic rings. The minimum absolute atomic E-state index is 0.483. The second-order valence-electron chi connectivity index (χ2n) is 7.04. The Hall–Kier alpha value is -0.860. The Kier molecular flexibility index (Phi) is 4.13. The Morgan fingerprint density at radius 3 is 2.65 bits per heavy atom. The normalized spacial score (nSPS) is 30.8. The molecule has 1 saturated heterocycles. The highest BCUT2D eigenvalue weighted by Gasteiger charge is 2.41. The van der Waals surface area contributed by atoms with Gasteiger partial charge in [0.15, 0.2) is 0 Å². The van der Waals surface area contributed by atoms with Crippen molar-refractivity contribution in [2.45, 2.75) is 45.7 Å². The van der Waals surface area contributed by atoms with Crippen molar-refractivity contribution in [2.75, 3.05) is 19.6 Å². The number of likely N-dealkylation sites (tertiary alicyclic amines) is 1. The summed E-state index contributed by atoms with van der Waals surface area (Å²) >= 11 is 0. The first-order chi connectivity index (χ1) is 9.69. The summed E-state index contributed by atoms with van der Waals surface area (Å²) in [5.41, 5.74) is 1.93. The van der Waals surface area contributed by atoms with E-state index in [0.29, 0.717) is 5.41 Å². The van der Waals surface area contributed by atoms with Crippen LogP contribution in [0.2, 0.25) is 0 Å². The van der Waals surface area contributed by atoms with Crippen LogP contribution in [0.25, 0.3) is 0 Å². The second kappa shape index (κ2) is 5.87. The minimum atomic E-state index is 0.483. The molecule has 2 heteroatoms. The Morgan fingerprint density at radius 2 is 2.00 bits per heavy atom. The maximum absolute atomic E-state index is 3.75. The highest BCUT2D eigenvalue weighted by atomic mass is 15.2. The van der Waals surface area contributed by atoms with Crippen LogP contribution in [-0.4, -0.2) is 30.6 Å². The first kappa shape index (κ1) is 14.1. The van der Waals surface area contributed by atoms with E-state index in [9.17, 15) is 0 Å². The molecule has 3 rings (SSSR count). The standard InChI is InChI=1S/C18H28N2/c1-3-18(2)14-20(12-15-7-5-4-6-8-15)13-16(18)11-19-17-9-10-17/h4-8,16-17,19H,3,9-14H2,1-2H3. The van der Waals surface area contributed by atoms with E-state index in [1.165, 1.54) is 44.5 Å². The molecule has 1 heterocycles. The third-order valence-electron chi connectivity index (χ3n) is 5.34. The van der Waals surface area contributed by atoms with E-state index in [2.05, 4.69) is 54.4 Å². The summed E-state index contributed by atoms with van der Waals surface area (Å²) in [6.07, 6.45) is 4.07. The molecule has 0 spiro atoms. The van der Waals surface area contributed by atoms with Crippen LogP contribution >= 0.6 is 0 Å². The fourth-order valence-electron chi connectivity index (χ4n) is 3.51. The van der Waals surface area contributed by atoms with Gasteiger partial charge in [-0.1, -0.05) is 44.2 Å². The van der Waals surface area contributed by atoms with E-state index in [1.807, 2.05) is 0 Å². The predicted octanol–water partition coefficient (Wildman–Crippen LogP) is 3.29. The maximum atomic E-state index is 3.75. The van der Waals surface area contributed by atoms with Crippen molar-refractivity contribution < 1.29 is 0 Å². The number of benzene rings is 1. The average Bonchev–Trinajstić information content (AvgIpc) is 3.23. The molecule has 0 radical (unpaired) electrons. The molecular formula is C18H28N2. The van der Waals surface area contributed by atoms with Gasteiger partial charge in [0, 0.05) is 32.2 Å². The Morgan fingerprint density at radius 1 is 1.25 bits per heavy atom. The lowest BCUT2D eigenvalue weighted by Crippen LogP contribution is -2.34. The van der Waals surface area contributed by atoms with Crippen molar-refractivity contribution in [1.82, 2.24) is 10.2 Å². The van der Waals surface area contributed by atoms with Gasteiger partial charge in [0.2, 0.25) is 0 Å². The minimum Gasteiger partial charge on any atom is -0.314 e.